The Balaban J connectivity index is 1.91. The monoisotopic (exact) mass is 316 g/mol. The second kappa shape index (κ2) is 8.43. The highest BCUT2D eigenvalue weighted by Crippen LogP contribution is 2.21. The smallest absolute Gasteiger partial charge is 0.317 e. The van der Waals surface area contributed by atoms with Gasteiger partial charge in [-0.3, -0.25) is 4.79 Å². The maximum absolute atomic E-state index is 12.5. The molecule has 124 valence electrons. The van der Waals surface area contributed by atoms with Crippen LogP contribution in [0.25, 0.3) is 0 Å². The fraction of sp³-hybridized carbons (Fsp3) is 0.706. The average Bonchev–Trinajstić information content (AvgIpc) is 3.07. The molecule has 1 heterocycles. The molecule has 0 radical (unpaired) electrons. The number of hydrogen-bond acceptors (Lipinski definition) is 3. The molecule has 0 unspecified atom stereocenters. The normalized spacial score (nSPS) is 21.3. The van der Waals surface area contributed by atoms with Crippen molar-refractivity contribution >= 4 is 11.9 Å². The van der Waals surface area contributed by atoms with Gasteiger partial charge >= 0.3 is 6.03 Å². The van der Waals surface area contributed by atoms with Gasteiger partial charge in [-0.25, -0.2) is 4.79 Å². The SMILES string of the molecule is C#CCN(CC#N)C(=O)[C@@H]1CCCN(C(=O)NC2CCCC2)C1. The molecule has 2 aliphatic rings. The van der Waals surface area contributed by atoms with Crippen molar-refractivity contribution in [3.63, 3.8) is 0 Å². The minimum absolute atomic E-state index is 0.00615. The third-order valence-electron chi connectivity index (χ3n) is 4.60. The topological polar surface area (TPSA) is 76.4 Å². The molecule has 1 saturated carbocycles. The van der Waals surface area contributed by atoms with Crippen LogP contribution in [0.5, 0.6) is 0 Å². The van der Waals surface area contributed by atoms with Gasteiger partial charge in [0, 0.05) is 19.1 Å². The van der Waals surface area contributed by atoms with Gasteiger partial charge in [0.05, 0.1) is 18.5 Å². The van der Waals surface area contributed by atoms with E-state index in [2.05, 4.69) is 11.2 Å². The first kappa shape index (κ1) is 17.1. The van der Waals surface area contributed by atoms with Crippen LogP contribution in [-0.2, 0) is 4.79 Å². The Kier molecular flexibility index (Phi) is 6.29. The zero-order valence-corrected chi connectivity index (χ0v) is 13.5. The van der Waals surface area contributed by atoms with Gasteiger partial charge in [0.1, 0.15) is 6.54 Å². The Bertz CT molecular complexity index is 498. The summed E-state index contributed by atoms with van der Waals surface area (Å²) < 4.78 is 0. The zero-order chi connectivity index (χ0) is 16.7. The quantitative estimate of drug-likeness (QED) is 0.628. The highest BCUT2D eigenvalue weighted by molar-refractivity contribution is 5.81. The summed E-state index contributed by atoms with van der Waals surface area (Å²) in [5.41, 5.74) is 0. The fourth-order valence-electron chi connectivity index (χ4n) is 3.36. The van der Waals surface area contributed by atoms with Crippen LogP contribution in [0.15, 0.2) is 0 Å². The maximum Gasteiger partial charge on any atom is 0.317 e. The first-order valence-electron chi connectivity index (χ1n) is 8.30. The highest BCUT2D eigenvalue weighted by Gasteiger charge is 2.31. The van der Waals surface area contributed by atoms with E-state index in [1.165, 1.54) is 17.7 Å². The number of rotatable bonds is 4. The van der Waals surface area contributed by atoms with Crippen molar-refractivity contribution in [2.45, 2.75) is 44.6 Å². The summed E-state index contributed by atoms with van der Waals surface area (Å²) in [6.07, 6.45) is 11.2. The van der Waals surface area contributed by atoms with Crippen LogP contribution in [0.4, 0.5) is 4.79 Å². The molecule has 6 heteroatoms. The summed E-state index contributed by atoms with van der Waals surface area (Å²) in [7, 11) is 0. The number of terminal acetylenes is 1. The van der Waals surface area contributed by atoms with Gasteiger partial charge in [0.25, 0.3) is 0 Å². The van der Waals surface area contributed by atoms with E-state index in [1.54, 1.807) is 4.90 Å². The summed E-state index contributed by atoms with van der Waals surface area (Å²) >= 11 is 0. The first-order chi connectivity index (χ1) is 11.2. The van der Waals surface area contributed by atoms with E-state index in [9.17, 15) is 9.59 Å². The summed E-state index contributed by atoms with van der Waals surface area (Å²) in [6.45, 7) is 1.21. The average molecular weight is 316 g/mol. The molecule has 2 fully saturated rings. The predicted molar refractivity (Wildman–Crippen MR) is 86.1 cm³/mol. The molecule has 1 aliphatic heterocycles. The Labute approximate surface area is 137 Å². The van der Waals surface area contributed by atoms with Gasteiger partial charge in [0.15, 0.2) is 0 Å². The molecular weight excluding hydrogens is 292 g/mol. The molecule has 1 saturated heterocycles. The molecule has 1 N–H and O–H groups in total. The molecule has 3 amide bonds. The van der Waals surface area contributed by atoms with Gasteiger partial charge < -0.3 is 15.1 Å². The number of nitrogens with one attached hydrogen (secondary N) is 1. The van der Waals surface area contributed by atoms with Crippen LogP contribution in [0.2, 0.25) is 0 Å². The predicted octanol–water partition coefficient (Wildman–Crippen LogP) is 1.34. The van der Waals surface area contributed by atoms with E-state index in [0.29, 0.717) is 13.1 Å². The Morgan fingerprint density at radius 1 is 1.22 bits per heavy atom. The number of urea groups is 1. The summed E-state index contributed by atoms with van der Waals surface area (Å²) in [4.78, 5) is 28.0. The van der Waals surface area contributed by atoms with Gasteiger partial charge in [-0.15, -0.1) is 6.42 Å². The van der Waals surface area contributed by atoms with Gasteiger partial charge in [-0.1, -0.05) is 18.8 Å². The second-order valence-electron chi connectivity index (χ2n) is 6.27. The lowest BCUT2D eigenvalue weighted by Crippen LogP contribution is -2.51. The van der Waals surface area contributed by atoms with Crippen LogP contribution in [0.3, 0.4) is 0 Å². The third-order valence-corrected chi connectivity index (χ3v) is 4.60. The molecule has 0 aromatic carbocycles. The molecule has 0 aromatic heterocycles. The molecule has 6 nitrogen and oxygen atoms in total. The Hall–Kier alpha value is -2.21. The van der Waals surface area contributed by atoms with E-state index in [1.807, 2.05) is 6.07 Å². The first-order valence-corrected chi connectivity index (χ1v) is 8.30. The molecule has 2 rings (SSSR count). The number of nitriles is 1. The maximum atomic E-state index is 12.5. The number of carbonyl (C=O) groups excluding carboxylic acids is 2. The van der Waals surface area contributed by atoms with Crippen molar-refractivity contribution in [3.8, 4) is 18.4 Å². The molecule has 1 aliphatic carbocycles. The standard InChI is InChI=1S/C17H24N4O2/c1-2-10-20(12-9-18)16(22)14-6-5-11-21(13-14)17(23)19-15-7-3-4-8-15/h1,14-15H,3-8,10-13H2,(H,19,23)/t14-/m1/s1. The van der Waals surface area contributed by atoms with Gasteiger partial charge in [-0.05, 0) is 25.7 Å². The Morgan fingerprint density at radius 3 is 2.61 bits per heavy atom. The number of carbonyl (C=O) groups is 2. The Morgan fingerprint density at radius 2 is 1.96 bits per heavy atom. The summed E-state index contributed by atoms with van der Waals surface area (Å²) in [5.74, 6) is 2.03. The minimum Gasteiger partial charge on any atom is -0.335 e. The lowest BCUT2D eigenvalue weighted by Gasteiger charge is -2.34. The fourth-order valence-corrected chi connectivity index (χ4v) is 3.36. The van der Waals surface area contributed by atoms with E-state index in [4.69, 9.17) is 11.7 Å². The third kappa shape index (κ3) is 4.63. The van der Waals surface area contributed by atoms with Crippen LogP contribution in [0, 0.1) is 29.6 Å². The molecule has 0 spiro atoms. The molecule has 0 bridgehead atoms. The van der Waals surface area contributed by atoms with E-state index >= 15 is 0 Å². The number of piperidine rings is 1. The minimum atomic E-state index is -0.264. The highest BCUT2D eigenvalue weighted by atomic mass is 16.2. The summed E-state index contributed by atoms with van der Waals surface area (Å²) in [5, 5.41) is 11.9. The number of likely N-dealkylation sites (tertiary alicyclic amines) is 1. The lowest BCUT2D eigenvalue weighted by atomic mass is 9.96. The molecule has 0 aromatic rings. The summed E-state index contributed by atoms with van der Waals surface area (Å²) in [6, 6.07) is 2.17. The van der Waals surface area contributed by atoms with E-state index in [0.717, 1.165) is 25.7 Å². The van der Waals surface area contributed by atoms with Crippen molar-refractivity contribution in [2.24, 2.45) is 5.92 Å². The van der Waals surface area contributed by atoms with E-state index in [-0.39, 0.29) is 37.0 Å². The van der Waals surface area contributed by atoms with Crippen molar-refractivity contribution in [1.82, 2.24) is 15.1 Å². The number of amides is 3. The van der Waals surface area contributed by atoms with Crippen molar-refractivity contribution in [3.05, 3.63) is 0 Å². The number of nitrogens with zero attached hydrogens (tertiary/aromatic N) is 3. The van der Waals surface area contributed by atoms with Crippen molar-refractivity contribution in [1.29, 1.82) is 5.26 Å². The largest absolute Gasteiger partial charge is 0.335 e. The molecular formula is C17H24N4O2. The van der Waals surface area contributed by atoms with Crippen LogP contribution in [0.1, 0.15) is 38.5 Å². The van der Waals surface area contributed by atoms with Gasteiger partial charge in [-0.2, -0.15) is 5.26 Å². The lowest BCUT2D eigenvalue weighted by molar-refractivity contribution is -0.135. The van der Waals surface area contributed by atoms with Crippen LogP contribution in [-0.4, -0.2) is 54.0 Å². The second-order valence-corrected chi connectivity index (χ2v) is 6.27. The van der Waals surface area contributed by atoms with E-state index < -0.39 is 0 Å². The molecule has 1 atom stereocenters. The van der Waals surface area contributed by atoms with Crippen LogP contribution < -0.4 is 5.32 Å². The molecule has 23 heavy (non-hydrogen) atoms. The van der Waals surface area contributed by atoms with Crippen molar-refractivity contribution in [2.75, 3.05) is 26.2 Å². The van der Waals surface area contributed by atoms with Crippen molar-refractivity contribution < 1.29 is 9.59 Å². The van der Waals surface area contributed by atoms with Crippen LogP contribution >= 0.6 is 0 Å². The van der Waals surface area contributed by atoms with Gasteiger partial charge in [0.2, 0.25) is 5.91 Å². The number of hydrogen-bond donors (Lipinski definition) is 1. The zero-order valence-electron chi connectivity index (χ0n) is 13.5.